The van der Waals surface area contributed by atoms with Crippen LogP contribution in [0, 0.1) is 16.8 Å². The summed E-state index contributed by atoms with van der Waals surface area (Å²) in [4.78, 5) is 23.0. The Balaban J connectivity index is 1.59. The molecule has 0 saturated carbocycles. The van der Waals surface area contributed by atoms with Crippen LogP contribution in [-0.4, -0.2) is 63.2 Å². The first-order chi connectivity index (χ1) is 19.4. The molecular weight excluding hydrogens is 522 g/mol. The molecule has 14 heteroatoms. The Morgan fingerprint density at radius 1 is 1.39 bits per heavy atom. The Bertz CT molecular complexity index is 1570. The van der Waals surface area contributed by atoms with Gasteiger partial charge in [-0.05, 0) is 43.0 Å². The molecule has 0 bridgehead atoms. The summed E-state index contributed by atoms with van der Waals surface area (Å²) in [5.74, 6) is -2.89. The van der Waals surface area contributed by atoms with E-state index in [2.05, 4.69) is 15.2 Å². The number of hydroxylamine groups is 2. The van der Waals surface area contributed by atoms with E-state index in [1.54, 1.807) is 0 Å². The number of anilines is 1. The minimum atomic E-state index is -2.70. The van der Waals surface area contributed by atoms with Crippen molar-refractivity contribution in [3.63, 3.8) is 0 Å². The minimum Gasteiger partial charge on any atom is -0.390 e. The summed E-state index contributed by atoms with van der Waals surface area (Å²) in [5.41, 5.74) is 5.58. The standard InChI is InChI=1S/C24H21ClF2N8O3/c25-15-2-4-17(33(11-28)32-29)21(23(15)27)12-7-13-1-3-18(35(13)20(37)8-12)24-30-9-16(31-24)14-5-6-34(38)19(10-36)22(14)26/h2,4-6,8-9,11,13,18,28-29,36,38H,1,3,7,10H2/b16-14-,28-11?,32-29?/t13-,18+/m1/s1/i7D2,13D. The monoisotopic (exact) mass is 545 g/mol. The molecular formula is C24H21ClF2N8O3. The zero-order valence-corrected chi connectivity index (χ0v) is 20.1. The third-order valence-corrected chi connectivity index (χ3v) is 6.58. The van der Waals surface area contributed by atoms with Gasteiger partial charge < -0.3 is 10.0 Å². The van der Waals surface area contributed by atoms with Crippen LogP contribution in [0.15, 0.2) is 68.5 Å². The van der Waals surface area contributed by atoms with E-state index in [4.69, 9.17) is 26.7 Å². The lowest BCUT2D eigenvalue weighted by molar-refractivity contribution is -0.128. The molecule has 196 valence electrons. The molecule has 4 aliphatic heterocycles. The number of aliphatic hydroxyl groups is 1. The molecule has 0 aromatic heterocycles. The van der Waals surface area contributed by atoms with Crippen molar-refractivity contribution in [3.05, 3.63) is 69.7 Å². The van der Waals surface area contributed by atoms with Gasteiger partial charge in [0.25, 0.3) is 0 Å². The molecule has 0 spiro atoms. The average molecular weight is 546 g/mol. The lowest BCUT2D eigenvalue weighted by Gasteiger charge is -2.33. The molecule has 2 atom stereocenters. The smallest absolute Gasteiger partial charge is 0.247 e. The number of aliphatic hydroxyl groups excluding tert-OH is 1. The molecule has 4 aliphatic rings. The van der Waals surface area contributed by atoms with Crippen LogP contribution in [0.2, 0.25) is 5.02 Å². The highest BCUT2D eigenvalue weighted by Gasteiger charge is 2.43. The first-order valence-corrected chi connectivity index (χ1v) is 11.5. The van der Waals surface area contributed by atoms with Gasteiger partial charge in [-0.1, -0.05) is 16.8 Å². The Labute approximate surface area is 224 Å². The van der Waals surface area contributed by atoms with E-state index in [1.807, 2.05) is 0 Å². The number of aliphatic imine (C=N–C) groups is 2. The van der Waals surface area contributed by atoms with Gasteiger partial charge >= 0.3 is 0 Å². The molecule has 4 N–H and O–H groups in total. The van der Waals surface area contributed by atoms with Crippen molar-refractivity contribution in [2.45, 2.75) is 31.3 Å². The number of amidine groups is 1. The quantitative estimate of drug-likeness (QED) is 0.183. The fourth-order valence-corrected chi connectivity index (χ4v) is 4.68. The first-order valence-electron chi connectivity index (χ1n) is 12.7. The van der Waals surface area contributed by atoms with Gasteiger partial charge in [-0.15, -0.1) is 0 Å². The zero-order valence-electron chi connectivity index (χ0n) is 22.4. The van der Waals surface area contributed by atoms with Crippen molar-refractivity contribution in [1.82, 2.24) is 9.96 Å². The minimum absolute atomic E-state index is 0.0124. The third-order valence-electron chi connectivity index (χ3n) is 6.29. The van der Waals surface area contributed by atoms with Gasteiger partial charge in [-0.3, -0.25) is 15.4 Å². The van der Waals surface area contributed by atoms with Gasteiger partial charge in [-0.2, -0.15) is 5.53 Å². The third kappa shape index (κ3) is 4.14. The number of carbonyl (C=O) groups excluding carboxylic acids is 1. The number of fused-ring (bicyclic) bond motifs is 1. The lowest BCUT2D eigenvalue weighted by atomic mass is 9.92. The maximum absolute atomic E-state index is 15.4. The van der Waals surface area contributed by atoms with E-state index in [1.165, 1.54) is 18.4 Å². The SMILES string of the molecule is [2H]C1([2H])C(c2c(N(C=N)N=N)ccc(Cl)c2F)=CC(=O)N2[C@H](C3=N/C(=C4/C=CN(O)C(CO)=C4F)C=N3)CC[C@@]21[2H]. The number of rotatable bonds is 6. The van der Waals surface area contributed by atoms with Crippen LogP contribution in [0.25, 0.3) is 5.57 Å². The fraction of sp³-hybridized carbons (Fsp3) is 0.250. The largest absolute Gasteiger partial charge is 0.390 e. The number of nitrogens with zero attached hydrogens (tertiary/aromatic N) is 6. The maximum atomic E-state index is 15.4. The number of amides is 1. The predicted octanol–water partition coefficient (Wildman–Crippen LogP) is 4.11. The van der Waals surface area contributed by atoms with Gasteiger partial charge in [0.15, 0.2) is 17.5 Å². The van der Waals surface area contributed by atoms with Crippen LogP contribution in [0.4, 0.5) is 14.5 Å². The summed E-state index contributed by atoms with van der Waals surface area (Å²) in [6.07, 6.45) is 2.12. The second-order valence-corrected chi connectivity index (χ2v) is 8.73. The molecule has 11 nitrogen and oxygen atoms in total. The summed E-state index contributed by atoms with van der Waals surface area (Å²) in [6, 6.07) is -0.896. The van der Waals surface area contributed by atoms with Crippen LogP contribution in [-0.2, 0) is 4.79 Å². The normalized spacial score (nSPS) is 29.0. The molecule has 1 aromatic carbocycles. The average Bonchev–Trinajstić information content (AvgIpc) is 3.56. The van der Waals surface area contributed by atoms with E-state index in [0.29, 0.717) is 16.4 Å². The van der Waals surface area contributed by atoms with E-state index < -0.39 is 64.4 Å². The summed E-state index contributed by atoms with van der Waals surface area (Å²) in [5, 5.41) is 30.4. The number of carbonyl (C=O) groups is 1. The number of halogens is 3. The summed E-state index contributed by atoms with van der Waals surface area (Å²) in [7, 11) is 0. The zero-order chi connectivity index (χ0) is 29.9. The molecule has 0 radical (unpaired) electrons. The highest BCUT2D eigenvalue weighted by molar-refractivity contribution is 6.31. The van der Waals surface area contributed by atoms with Gasteiger partial charge in [0.1, 0.15) is 12.0 Å². The van der Waals surface area contributed by atoms with E-state index >= 15 is 4.39 Å². The number of benzene rings is 1. The topological polar surface area (TPSA) is 152 Å². The van der Waals surface area contributed by atoms with Gasteiger partial charge in [0, 0.05) is 32.2 Å². The highest BCUT2D eigenvalue weighted by atomic mass is 35.5. The molecule has 0 aliphatic carbocycles. The van der Waals surface area contributed by atoms with Crippen LogP contribution in [0.3, 0.4) is 0 Å². The highest BCUT2D eigenvalue weighted by Crippen LogP contribution is 2.42. The Hall–Kier alpha value is -4.07. The Kier molecular flexibility index (Phi) is 5.78. The van der Waals surface area contributed by atoms with Crippen LogP contribution < -0.4 is 5.01 Å². The summed E-state index contributed by atoms with van der Waals surface area (Å²) >= 11 is 5.97. The van der Waals surface area contributed by atoms with Crippen LogP contribution >= 0.6 is 11.6 Å². The Morgan fingerprint density at radius 2 is 2.18 bits per heavy atom. The summed E-state index contributed by atoms with van der Waals surface area (Å²) < 4.78 is 57.3. The van der Waals surface area contributed by atoms with Crippen molar-refractivity contribution in [2.24, 2.45) is 15.2 Å². The van der Waals surface area contributed by atoms with E-state index in [-0.39, 0.29) is 35.6 Å². The van der Waals surface area contributed by atoms with Crippen molar-refractivity contribution in [3.8, 4) is 0 Å². The van der Waals surface area contributed by atoms with Crippen molar-refractivity contribution in [1.29, 1.82) is 10.9 Å². The van der Waals surface area contributed by atoms with Crippen LogP contribution in [0.1, 0.15) is 28.9 Å². The number of hydrogen-bond donors (Lipinski definition) is 4. The predicted molar refractivity (Wildman–Crippen MR) is 135 cm³/mol. The second kappa shape index (κ2) is 10.0. The summed E-state index contributed by atoms with van der Waals surface area (Å²) in [6.45, 7) is -0.796. The number of nitrogens with one attached hydrogen (secondary N) is 2. The van der Waals surface area contributed by atoms with Gasteiger partial charge in [0.05, 0.1) is 36.6 Å². The van der Waals surface area contributed by atoms with Gasteiger partial charge in [0.2, 0.25) is 5.91 Å². The molecule has 4 heterocycles. The molecule has 1 aromatic rings. The molecule has 38 heavy (non-hydrogen) atoms. The van der Waals surface area contributed by atoms with Gasteiger partial charge in [-0.25, -0.2) is 28.8 Å². The van der Waals surface area contributed by atoms with E-state index in [9.17, 15) is 19.5 Å². The number of hydrogen-bond acceptors (Lipinski definition) is 9. The van der Waals surface area contributed by atoms with E-state index in [0.717, 1.165) is 23.2 Å². The van der Waals surface area contributed by atoms with Crippen molar-refractivity contribution in [2.75, 3.05) is 11.6 Å². The first kappa shape index (κ1) is 22.0. The van der Waals surface area contributed by atoms with Crippen molar-refractivity contribution >= 4 is 47.2 Å². The Morgan fingerprint density at radius 3 is 2.89 bits per heavy atom. The molecule has 5 rings (SSSR count). The van der Waals surface area contributed by atoms with Crippen molar-refractivity contribution < 1.29 is 28.0 Å². The number of allylic oxidation sites excluding steroid dienone is 4. The molecule has 1 fully saturated rings. The molecule has 1 saturated heterocycles. The maximum Gasteiger partial charge on any atom is 0.247 e. The molecule has 0 unspecified atom stereocenters. The lowest BCUT2D eigenvalue weighted by Crippen LogP contribution is -2.45. The second-order valence-electron chi connectivity index (χ2n) is 8.33. The molecule has 1 amide bonds. The van der Waals surface area contributed by atoms with Crippen LogP contribution in [0.5, 0.6) is 0 Å². The fourth-order valence-electron chi connectivity index (χ4n) is 4.53.